The van der Waals surface area contributed by atoms with Gasteiger partial charge in [-0.25, -0.2) is 4.57 Å². The number of quaternary nitrogens is 1. The van der Waals surface area contributed by atoms with Crippen LogP contribution >= 0.6 is 7.82 Å². The monoisotopic (exact) mass is 1020 g/mol. The molecule has 0 aliphatic rings. The van der Waals surface area contributed by atoms with Crippen molar-refractivity contribution in [2.75, 3.05) is 40.9 Å². The molecule has 0 bridgehead atoms. The van der Waals surface area contributed by atoms with Crippen LogP contribution in [0.15, 0.2) is 36.5 Å². The highest BCUT2D eigenvalue weighted by molar-refractivity contribution is 7.47. The molecular formula is C62H122N2O6P+. The first-order valence-electron chi connectivity index (χ1n) is 30.9. The predicted octanol–water partition coefficient (Wildman–Crippen LogP) is 18.9. The van der Waals surface area contributed by atoms with Crippen LogP contribution in [0.3, 0.4) is 0 Å². The molecule has 0 heterocycles. The number of phosphoric ester groups is 1. The zero-order valence-corrected chi connectivity index (χ0v) is 48.9. The van der Waals surface area contributed by atoms with Gasteiger partial charge in [-0.15, -0.1) is 0 Å². The highest BCUT2D eigenvalue weighted by Gasteiger charge is 2.28. The molecule has 3 atom stereocenters. The smallest absolute Gasteiger partial charge is 0.391 e. The van der Waals surface area contributed by atoms with E-state index >= 15 is 0 Å². The summed E-state index contributed by atoms with van der Waals surface area (Å²) < 4.78 is 23.8. The van der Waals surface area contributed by atoms with Gasteiger partial charge in [0.1, 0.15) is 13.2 Å². The van der Waals surface area contributed by atoms with Crippen molar-refractivity contribution >= 4 is 13.7 Å². The van der Waals surface area contributed by atoms with Crippen LogP contribution in [0.1, 0.15) is 303 Å². The van der Waals surface area contributed by atoms with Crippen LogP contribution in [0.2, 0.25) is 0 Å². The van der Waals surface area contributed by atoms with Gasteiger partial charge >= 0.3 is 7.82 Å². The first-order chi connectivity index (χ1) is 34.5. The maximum Gasteiger partial charge on any atom is 0.472 e. The average molecular weight is 1020 g/mol. The number of carbonyl (C=O) groups excluding carboxylic acids is 1. The Morgan fingerprint density at radius 2 is 0.803 bits per heavy atom. The van der Waals surface area contributed by atoms with Crippen LogP contribution in [-0.2, 0) is 18.4 Å². The molecule has 8 nitrogen and oxygen atoms in total. The fourth-order valence-electron chi connectivity index (χ4n) is 9.29. The van der Waals surface area contributed by atoms with Crippen molar-refractivity contribution in [3.8, 4) is 0 Å². The summed E-state index contributed by atoms with van der Waals surface area (Å²) in [6.45, 7) is 4.92. The Kier molecular flexibility index (Phi) is 52.6. The lowest BCUT2D eigenvalue weighted by Gasteiger charge is -2.26. The minimum Gasteiger partial charge on any atom is -0.391 e. The summed E-state index contributed by atoms with van der Waals surface area (Å²) in [5.41, 5.74) is 0. The number of nitrogens with zero attached hydrogens (tertiary/aromatic N) is 1. The Morgan fingerprint density at radius 3 is 1.17 bits per heavy atom. The maximum atomic E-state index is 13.0. The molecule has 0 saturated carbocycles. The second-order valence-corrected chi connectivity index (χ2v) is 23.9. The van der Waals surface area contributed by atoms with E-state index in [0.29, 0.717) is 23.9 Å². The lowest BCUT2D eigenvalue weighted by atomic mass is 10.0. The van der Waals surface area contributed by atoms with E-state index in [9.17, 15) is 19.4 Å². The van der Waals surface area contributed by atoms with Crippen LogP contribution < -0.4 is 5.32 Å². The Morgan fingerprint density at radius 1 is 0.479 bits per heavy atom. The molecule has 0 aromatic heterocycles. The summed E-state index contributed by atoms with van der Waals surface area (Å²) >= 11 is 0. The largest absolute Gasteiger partial charge is 0.472 e. The fraction of sp³-hybridized carbons (Fsp3) is 0.887. The Labute approximate surface area is 442 Å². The molecular weight excluding hydrogens is 900 g/mol. The molecule has 0 aliphatic heterocycles. The standard InChI is InChI=1S/C62H121N2O6P/c1-6-8-10-12-14-16-18-20-22-24-26-28-30-31-32-33-34-36-38-40-42-44-46-48-50-52-54-56-62(66)63-60(59-70-71(67,68)69-58-57-64(3,4)5)61(65)55-53-51-49-47-45-43-41-39-37-35-29-27-25-23-21-19-17-15-13-11-9-7-2/h18,20,24,26,30-31,60-61,65H,6-17,19,21-23,25,27-29,32-59H2,1-5H3,(H-,63,66,67,68)/p+1/b20-18-,26-24-,31-30-. The summed E-state index contributed by atoms with van der Waals surface area (Å²) in [7, 11) is 1.62. The number of hydrogen-bond donors (Lipinski definition) is 3. The summed E-state index contributed by atoms with van der Waals surface area (Å²) in [6.07, 6.45) is 69.2. The first kappa shape index (κ1) is 69.7. The third-order valence-electron chi connectivity index (χ3n) is 14.1. The van der Waals surface area contributed by atoms with Crippen molar-refractivity contribution in [3.63, 3.8) is 0 Å². The molecule has 0 fully saturated rings. The number of hydrogen-bond acceptors (Lipinski definition) is 5. The van der Waals surface area contributed by atoms with Gasteiger partial charge in [0.15, 0.2) is 0 Å². The normalized spacial score (nSPS) is 14.1. The van der Waals surface area contributed by atoms with Crippen molar-refractivity contribution in [2.45, 2.75) is 315 Å². The molecule has 0 saturated heterocycles. The molecule has 0 aromatic carbocycles. The number of nitrogens with one attached hydrogen (secondary N) is 1. The summed E-state index contributed by atoms with van der Waals surface area (Å²) in [6, 6.07) is -0.763. The number of phosphoric acid groups is 1. The van der Waals surface area contributed by atoms with Crippen LogP contribution in [-0.4, -0.2) is 73.4 Å². The van der Waals surface area contributed by atoms with E-state index in [2.05, 4.69) is 55.6 Å². The predicted molar refractivity (Wildman–Crippen MR) is 309 cm³/mol. The van der Waals surface area contributed by atoms with Gasteiger partial charge in [-0.2, -0.15) is 0 Å². The molecule has 0 radical (unpaired) electrons. The van der Waals surface area contributed by atoms with Crippen molar-refractivity contribution in [1.29, 1.82) is 0 Å². The van der Waals surface area contributed by atoms with Gasteiger partial charge in [0, 0.05) is 6.42 Å². The number of aliphatic hydroxyl groups is 1. The quantitative estimate of drug-likeness (QED) is 0.0243. The van der Waals surface area contributed by atoms with Gasteiger partial charge in [0.2, 0.25) is 5.91 Å². The zero-order chi connectivity index (χ0) is 52.0. The first-order valence-corrected chi connectivity index (χ1v) is 32.3. The zero-order valence-electron chi connectivity index (χ0n) is 48.0. The number of allylic oxidation sites excluding steroid dienone is 6. The fourth-order valence-corrected chi connectivity index (χ4v) is 10.0. The van der Waals surface area contributed by atoms with E-state index in [4.69, 9.17) is 9.05 Å². The van der Waals surface area contributed by atoms with E-state index in [-0.39, 0.29) is 19.1 Å². The second-order valence-electron chi connectivity index (χ2n) is 22.4. The molecule has 420 valence electrons. The summed E-state index contributed by atoms with van der Waals surface area (Å²) in [5, 5.41) is 14.1. The van der Waals surface area contributed by atoms with Gasteiger partial charge in [-0.3, -0.25) is 13.8 Å². The van der Waals surface area contributed by atoms with E-state index in [0.717, 1.165) is 51.4 Å². The number of unbranched alkanes of at least 4 members (excludes halogenated alkanes) is 38. The molecule has 71 heavy (non-hydrogen) atoms. The second kappa shape index (κ2) is 53.5. The third kappa shape index (κ3) is 56.3. The summed E-state index contributed by atoms with van der Waals surface area (Å²) in [5.74, 6) is -0.143. The molecule has 0 aliphatic carbocycles. The van der Waals surface area contributed by atoms with E-state index in [1.165, 1.54) is 225 Å². The summed E-state index contributed by atoms with van der Waals surface area (Å²) in [4.78, 5) is 23.4. The Hall–Kier alpha value is -1.28. The lowest BCUT2D eigenvalue weighted by Crippen LogP contribution is -2.46. The molecule has 0 rings (SSSR count). The van der Waals surface area contributed by atoms with Crippen LogP contribution in [0.25, 0.3) is 0 Å². The molecule has 3 unspecified atom stereocenters. The number of aliphatic hydroxyl groups excluding tert-OH is 1. The van der Waals surface area contributed by atoms with E-state index in [1.807, 2.05) is 21.1 Å². The number of amides is 1. The Balaban J connectivity index is 4.12. The number of carbonyl (C=O) groups is 1. The van der Waals surface area contributed by atoms with Gasteiger partial charge in [0.25, 0.3) is 0 Å². The van der Waals surface area contributed by atoms with Crippen molar-refractivity contribution in [1.82, 2.24) is 5.32 Å². The third-order valence-corrected chi connectivity index (χ3v) is 15.1. The van der Waals surface area contributed by atoms with E-state index in [1.54, 1.807) is 0 Å². The van der Waals surface area contributed by atoms with Gasteiger partial charge in [-0.1, -0.05) is 281 Å². The molecule has 9 heteroatoms. The molecule has 1 amide bonds. The topological polar surface area (TPSA) is 105 Å². The lowest BCUT2D eigenvalue weighted by molar-refractivity contribution is -0.870. The molecule has 0 spiro atoms. The van der Waals surface area contributed by atoms with Crippen molar-refractivity contribution < 1.29 is 32.9 Å². The minimum absolute atomic E-state index is 0.0749. The maximum absolute atomic E-state index is 13.0. The van der Waals surface area contributed by atoms with Crippen LogP contribution in [0.5, 0.6) is 0 Å². The number of likely N-dealkylation sites (N-methyl/N-ethyl adjacent to an activating group) is 1. The van der Waals surface area contributed by atoms with Crippen molar-refractivity contribution in [3.05, 3.63) is 36.5 Å². The highest BCUT2D eigenvalue weighted by atomic mass is 31.2. The van der Waals surface area contributed by atoms with Crippen LogP contribution in [0.4, 0.5) is 0 Å². The van der Waals surface area contributed by atoms with E-state index < -0.39 is 20.0 Å². The highest BCUT2D eigenvalue weighted by Crippen LogP contribution is 2.43. The minimum atomic E-state index is -4.33. The van der Waals surface area contributed by atoms with Crippen molar-refractivity contribution in [2.24, 2.45) is 0 Å². The van der Waals surface area contributed by atoms with Gasteiger partial charge < -0.3 is 19.8 Å². The SMILES string of the molecule is CCCCCCC/C=C\C/C=C\C/C=C\CCCCCCCCCCCCCCC(=O)NC(COP(=O)(O)OCC[N+](C)(C)C)C(O)CCCCCCCCCCCCCCCCCCCCCCCC. The Bertz CT molecular complexity index is 1250. The average Bonchev–Trinajstić information content (AvgIpc) is 3.33. The molecule has 0 aromatic rings. The number of rotatable bonds is 57. The van der Waals surface area contributed by atoms with Gasteiger partial charge in [-0.05, 0) is 51.4 Å². The molecule has 3 N–H and O–H groups in total. The van der Waals surface area contributed by atoms with Crippen LogP contribution in [0, 0.1) is 0 Å². The van der Waals surface area contributed by atoms with Gasteiger partial charge in [0.05, 0.1) is 39.9 Å².